The van der Waals surface area contributed by atoms with Crippen molar-refractivity contribution in [1.82, 2.24) is 5.43 Å². The van der Waals surface area contributed by atoms with Gasteiger partial charge in [0.15, 0.2) is 6.61 Å². The van der Waals surface area contributed by atoms with Crippen molar-refractivity contribution in [2.45, 2.75) is 25.9 Å². The molecule has 0 radical (unpaired) electrons. The Balaban J connectivity index is 1.54. The highest BCUT2D eigenvalue weighted by molar-refractivity contribution is 6.08. The summed E-state index contributed by atoms with van der Waals surface area (Å²) in [6.45, 7) is 0.190. The molecule has 0 saturated carbocycles. The third-order valence-corrected chi connectivity index (χ3v) is 5.67. The van der Waals surface area contributed by atoms with Gasteiger partial charge in [0.05, 0.1) is 23.2 Å². The van der Waals surface area contributed by atoms with E-state index in [0.717, 1.165) is 5.01 Å². The fourth-order valence-corrected chi connectivity index (χ4v) is 3.98. The van der Waals surface area contributed by atoms with Crippen LogP contribution in [0.4, 0.5) is 24.5 Å². The summed E-state index contributed by atoms with van der Waals surface area (Å²) in [6.07, 6.45) is 0.180. The summed E-state index contributed by atoms with van der Waals surface area (Å²) in [5, 5.41) is 3.70. The number of halogens is 3. The lowest BCUT2D eigenvalue weighted by Crippen LogP contribution is -2.59. The van der Waals surface area contributed by atoms with Crippen LogP contribution in [0.3, 0.4) is 0 Å². The fourth-order valence-electron chi connectivity index (χ4n) is 3.98. The molecule has 1 aliphatic heterocycles. The van der Waals surface area contributed by atoms with Crippen LogP contribution in [0.1, 0.15) is 28.8 Å². The number of hydrogen-bond acceptors (Lipinski definition) is 4. The van der Waals surface area contributed by atoms with Crippen LogP contribution in [0.25, 0.3) is 0 Å². The molecular weight excluding hydrogens is 451 g/mol. The number of hydrogen-bond donors (Lipinski definition) is 2. The Morgan fingerprint density at radius 2 is 1.85 bits per heavy atom. The smallest absolute Gasteiger partial charge is 0.422 e. The van der Waals surface area contributed by atoms with Crippen LogP contribution in [0.15, 0.2) is 54.6 Å². The van der Waals surface area contributed by atoms with Gasteiger partial charge < -0.3 is 10.1 Å². The Kier molecular flexibility index (Phi) is 6.32. The lowest BCUT2D eigenvalue weighted by Gasteiger charge is -2.38. The summed E-state index contributed by atoms with van der Waals surface area (Å²) in [7, 11) is 0. The first kappa shape index (κ1) is 23.3. The van der Waals surface area contributed by atoms with E-state index in [1.54, 1.807) is 25.1 Å². The van der Waals surface area contributed by atoms with Crippen molar-refractivity contribution >= 4 is 29.1 Å². The second-order valence-corrected chi connectivity index (χ2v) is 8.21. The first-order valence-electron chi connectivity index (χ1n) is 10.6. The molecule has 2 atom stereocenters. The Labute approximate surface area is 193 Å². The molecule has 2 unspecified atom stereocenters. The Hall–Kier alpha value is -3.82. The average molecular weight is 473 g/mol. The molecule has 2 N–H and O–H groups in total. The number of nitrogens with one attached hydrogen (secondary N) is 2. The number of hydrazine groups is 1. The maximum absolute atomic E-state index is 13.0. The summed E-state index contributed by atoms with van der Waals surface area (Å²) in [5.41, 5.74) is 3.78. The van der Waals surface area contributed by atoms with Crippen molar-refractivity contribution in [3.8, 4) is 5.75 Å². The summed E-state index contributed by atoms with van der Waals surface area (Å²) >= 11 is 0. The van der Waals surface area contributed by atoms with Crippen LogP contribution in [-0.2, 0) is 9.59 Å². The van der Waals surface area contributed by atoms with Gasteiger partial charge in [-0.15, -0.1) is 0 Å². The highest BCUT2D eigenvalue weighted by atomic mass is 19.4. The van der Waals surface area contributed by atoms with Crippen LogP contribution in [0.5, 0.6) is 5.75 Å². The molecule has 1 saturated heterocycles. The van der Waals surface area contributed by atoms with E-state index in [-0.39, 0.29) is 28.8 Å². The van der Waals surface area contributed by atoms with Gasteiger partial charge in [-0.05, 0) is 55.7 Å². The maximum Gasteiger partial charge on any atom is 0.422 e. The van der Waals surface area contributed by atoms with E-state index in [4.69, 9.17) is 4.74 Å². The molecule has 2 aliphatic rings. The second kappa shape index (κ2) is 9.20. The second-order valence-electron chi connectivity index (χ2n) is 8.21. The SMILES string of the molecule is Cc1ccc(NC(=O)c2cccc(N3NC(=O)C4CC=CCC4C3=O)c2)c(OCC(F)(F)F)c1. The molecule has 2 aromatic rings. The highest BCUT2D eigenvalue weighted by Crippen LogP contribution is 2.33. The van der Waals surface area contributed by atoms with E-state index in [0.29, 0.717) is 24.1 Å². The number of alkyl halides is 3. The van der Waals surface area contributed by atoms with Crippen molar-refractivity contribution in [1.29, 1.82) is 0 Å². The molecule has 0 bridgehead atoms. The molecule has 34 heavy (non-hydrogen) atoms. The minimum absolute atomic E-state index is 0.0736. The van der Waals surface area contributed by atoms with Gasteiger partial charge in [0.1, 0.15) is 5.75 Å². The average Bonchev–Trinajstić information content (AvgIpc) is 2.81. The van der Waals surface area contributed by atoms with Crippen LogP contribution in [0.2, 0.25) is 0 Å². The van der Waals surface area contributed by atoms with Crippen LogP contribution in [-0.4, -0.2) is 30.5 Å². The molecular formula is C24H22F3N3O4. The topological polar surface area (TPSA) is 87.7 Å². The zero-order valence-corrected chi connectivity index (χ0v) is 18.2. The predicted molar refractivity (Wildman–Crippen MR) is 118 cm³/mol. The minimum Gasteiger partial charge on any atom is -0.482 e. The van der Waals surface area contributed by atoms with E-state index in [1.165, 1.54) is 24.3 Å². The summed E-state index contributed by atoms with van der Waals surface area (Å²) in [5.74, 6) is -2.16. The molecule has 3 amide bonds. The van der Waals surface area contributed by atoms with E-state index >= 15 is 0 Å². The third-order valence-electron chi connectivity index (χ3n) is 5.67. The number of ether oxygens (including phenoxy) is 1. The quantitative estimate of drug-likeness (QED) is 0.639. The van der Waals surface area contributed by atoms with Gasteiger partial charge in [0.2, 0.25) is 11.8 Å². The van der Waals surface area contributed by atoms with Crippen LogP contribution < -0.4 is 20.5 Å². The van der Waals surface area contributed by atoms with E-state index in [9.17, 15) is 27.6 Å². The van der Waals surface area contributed by atoms with Gasteiger partial charge in [0, 0.05) is 5.56 Å². The molecule has 1 aliphatic carbocycles. The summed E-state index contributed by atoms with van der Waals surface area (Å²) in [6, 6.07) is 10.5. The normalized spacial score (nSPS) is 19.9. The molecule has 1 heterocycles. The van der Waals surface area contributed by atoms with Gasteiger partial charge >= 0.3 is 6.18 Å². The van der Waals surface area contributed by atoms with Crippen molar-refractivity contribution in [3.63, 3.8) is 0 Å². The Bertz CT molecular complexity index is 1160. The van der Waals surface area contributed by atoms with Gasteiger partial charge in [-0.2, -0.15) is 13.2 Å². The van der Waals surface area contributed by atoms with Crippen LogP contribution >= 0.6 is 0 Å². The van der Waals surface area contributed by atoms with Crippen molar-refractivity contribution in [3.05, 3.63) is 65.7 Å². The number of allylic oxidation sites excluding steroid dienone is 2. The van der Waals surface area contributed by atoms with E-state index in [2.05, 4.69) is 10.7 Å². The number of anilines is 2. The monoisotopic (exact) mass is 473 g/mol. The van der Waals surface area contributed by atoms with Gasteiger partial charge in [-0.3, -0.25) is 19.8 Å². The number of benzene rings is 2. The van der Waals surface area contributed by atoms with E-state index in [1.807, 2.05) is 12.2 Å². The third kappa shape index (κ3) is 5.05. The molecule has 1 fully saturated rings. The maximum atomic E-state index is 13.0. The number of fused-ring (bicyclic) bond motifs is 1. The summed E-state index contributed by atoms with van der Waals surface area (Å²) in [4.78, 5) is 38.4. The van der Waals surface area contributed by atoms with Crippen LogP contribution in [0, 0.1) is 18.8 Å². The predicted octanol–water partition coefficient (Wildman–Crippen LogP) is 4.15. The highest BCUT2D eigenvalue weighted by Gasteiger charge is 2.42. The lowest BCUT2D eigenvalue weighted by molar-refractivity contribution is -0.153. The number of carbonyl (C=O) groups excluding carboxylic acids is 3. The first-order valence-corrected chi connectivity index (χ1v) is 10.6. The molecule has 0 spiro atoms. The standard InChI is InChI=1S/C24H22F3N3O4/c1-14-9-10-19(20(11-14)34-13-24(25,26)27)28-21(31)15-5-4-6-16(12-15)30-23(33)18-8-3-2-7-17(18)22(32)29-30/h2-6,9-12,17-18H,7-8,13H2,1H3,(H,28,31)(H,29,32). The number of aryl methyl sites for hydroxylation is 1. The molecule has 0 aromatic heterocycles. The number of amides is 3. The largest absolute Gasteiger partial charge is 0.482 e. The van der Waals surface area contributed by atoms with E-state index < -0.39 is 30.5 Å². The Morgan fingerprint density at radius 3 is 2.59 bits per heavy atom. The molecule has 2 aromatic carbocycles. The zero-order valence-electron chi connectivity index (χ0n) is 18.2. The van der Waals surface area contributed by atoms with Crippen molar-refractivity contribution in [2.24, 2.45) is 11.8 Å². The lowest BCUT2D eigenvalue weighted by atomic mass is 9.80. The molecule has 10 heteroatoms. The van der Waals surface area contributed by atoms with Gasteiger partial charge in [-0.1, -0.05) is 24.3 Å². The number of nitrogens with zero attached hydrogens (tertiary/aromatic N) is 1. The molecule has 4 rings (SSSR count). The Morgan fingerprint density at radius 1 is 1.12 bits per heavy atom. The van der Waals surface area contributed by atoms with Gasteiger partial charge in [-0.25, -0.2) is 5.01 Å². The minimum atomic E-state index is -4.53. The molecule has 178 valence electrons. The first-order chi connectivity index (χ1) is 16.1. The fraction of sp³-hybridized carbons (Fsp3) is 0.292. The van der Waals surface area contributed by atoms with Gasteiger partial charge in [0.25, 0.3) is 5.91 Å². The number of carbonyl (C=O) groups is 3. The van der Waals surface area contributed by atoms with Crippen molar-refractivity contribution in [2.75, 3.05) is 16.9 Å². The number of rotatable bonds is 5. The van der Waals surface area contributed by atoms with Crippen molar-refractivity contribution < 1.29 is 32.3 Å². The summed E-state index contributed by atoms with van der Waals surface area (Å²) < 4.78 is 42.7. The zero-order chi connectivity index (χ0) is 24.5. The molecule has 7 nitrogen and oxygen atoms in total.